The maximum Gasteiger partial charge on any atom is 0.338 e. The minimum absolute atomic E-state index is 0.253. The molecule has 0 aromatic rings. The number of β-amino-alcohol motifs (C(OH)–C–C–N with tert-alkyl or cyclic N) is 1. The van der Waals surface area contributed by atoms with E-state index < -0.39 is 11.6 Å². The van der Waals surface area contributed by atoms with Crippen molar-refractivity contribution in [3.8, 4) is 0 Å². The normalized spacial score (nSPS) is 21.3. The Morgan fingerprint density at radius 1 is 1.44 bits per heavy atom. The van der Waals surface area contributed by atoms with Crippen LogP contribution in [0.5, 0.6) is 0 Å². The van der Waals surface area contributed by atoms with Crippen LogP contribution in [-0.4, -0.2) is 54.2 Å². The molecule has 104 valence electrons. The number of methoxy groups -OCH3 is 1. The lowest BCUT2D eigenvalue weighted by Gasteiger charge is -2.35. The SMILES string of the molecule is COC(=O)C(C)(O)CN1CCC(CC(N)=O)CC1. The Bertz CT molecular complexity index is 309. The number of rotatable bonds is 5. The van der Waals surface area contributed by atoms with Gasteiger partial charge in [-0.25, -0.2) is 4.79 Å². The van der Waals surface area contributed by atoms with Crippen molar-refractivity contribution in [2.24, 2.45) is 11.7 Å². The number of primary amides is 1. The van der Waals surface area contributed by atoms with Crippen LogP contribution in [0.1, 0.15) is 26.2 Å². The molecule has 6 heteroatoms. The monoisotopic (exact) mass is 258 g/mol. The van der Waals surface area contributed by atoms with Gasteiger partial charge in [-0.3, -0.25) is 9.69 Å². The first-order valence-electron chi connectivity index (χ1n) is 6.16. The van der Waals surface area contributed by atoms with Gasteiger partial charge in [0.2, 0.25) is 5.91 Å². The molecule has 0 radical (unpaired) electrons. The molecule has 0 aromatic carbocycles. The number of nitrogens with two attached hydrogens (primary N) is 1. The summed E-state index contributed by atoms with van der Waals surface area (Å²) in [4.78, 5) is 24.2. The third-order valence-electron chi connectivity index (χ3n) is 3.35. The number of carbonyl (C=O) groups excluding carboxylic acids is 2. The number of ether oxygens (including phenoxy) is 1. The number of hydrogen-bond donors (Lipinski definition) is 2. The number of aliphatic hydroxyl groups is 1. The zero-order valence-corrected chi connectivity index (χ0v) is 11.0. The van der Waals surface area contributed by atoms with Crippen LogP contribution >= 0.6 is 0 Å². The van der Waals surface area contributed by atoms with Crippen molar-refractivity contribution >= 4 is 11.9 Å². The molecule has 0 saturated carbocycles. The van der Waals surface area contributed by atoms with Gasteiger partial charge < -0.3 is 15.6 Å². The molecular weight excluding hydrogens is 236 g/mol. The van der Waals surface area contributed by atoms with Crippen molar-refractivity contribution in [3.63, 3.8) is 0 Å². The summed E-state index contributed by atoms with van der Waals surface area (Å²) < 4.78 is 4.55. The Balaban J connectivity index is 2.39. The molecule has 0 aromatic heterocycles. The second-order valence-electron chi connectivity index (χ2n) is 5.16. The highest BCUT2D eigenvalue weighted by atomic mass is 16.5. The van der Waals surface area contributed by atoms with Gasteiger partial charge in [0.05, 0.1) is 7.11 Å². The van der Waals surface area contributed by atoms with E-state index in [0.29, 0.717) is 12.3 Å². The molecule has 1 amide bonds. The highest BCUT2D eigenvalue weighted by Crippen LogP contribution is 2.21. The fourth-order valence-electron chi connectivity index (χ4n) is 2.35. The van der Waals surface area contributed by atoms with Gasteiger partial charge in [-0.2, -0.15) is 0 Å². The summed E-state index contributed by atoms with van der Waals surface area (Å²) in [7, 11) is 1.26. The van der Waals surface area contributed by atoms with E-state index in [0.717, 1.165) is 25.9 Å². The second kappa shape index (κ2) is 6.15. The molecule has 1 saturated heterocycles. The van der Waals surface area contributed by atoms with Gasteiger partial charge in [0, 0.05) is 13.0 Å². The van der Waals surface area contributed by atoms with Gasteiger partial charge in [0.25, 0.3) is 0 Å². The smallest absolute Gasteiger partial charge is 0.338 e. The van der Waals surface area contributed by atoms with Crippen LogP contribution in [-0.2, 0) is 14.3 Å². The summed E-state index contributed by atoms with van der Waals surface area (Å²) in [5.41, 5.74) is 3.68. The Labute approximate surface area is 107 Å². The second-order valence-corrected chi connectivity index (χ2v) is 5.16. The lowest BCUT2D eigenvalue weighted by Crippen LogP contribution is -2.49. The molecule has 1 aliphatic rings. The van der Waals surface area contributed by atoms with E-state index in [1.165, 1.54) is 14.0 Å². The molecule has 18 heavy (non-hydrogen) atoms. The zero-order valence-electron chi connectivity index (χ0n) is 11.0. The van der Waals surface area contributed by atoms with Crippen LogP contribution in [0.3, 0.4) is 0 Å². The number of amides is 1. The Morgan fingerprint density at radius 3 is 2.44 bits per heavy atom. The van der Waals surface area contributed by atoms with Gasteiger partial charge in [-0.1, -0.05) is 0 Å². The molecule has 0 aliphatic carbocycles. The standard InChI is InChI=1S/C12H22N2O4/c1-12(17,11(16)18-2)8-14-5-3-9(4-6-14)7-10(13)15/h9,17H,3-8H2,1-2H3,(H2,13,15). The van der Waals surface area contributed by atoms with Crippen molar-refractivity contribution in [3.05, 3.63) is 0 Å². The molecule has 6 nitrogen and oxygen atoms in total. The van der Waals surface area contributed by atoms with E-state index in [2.05, 4.69) is 4.74 Å². The van der Waals surface area contributed by atoms with E-state index >= 15 is 0 Å². The quantitative estimate of drug-likeness (QED) is 0.648. The predicted molar refractivity (Wildman–Crippen MR) is 65.6 cm³/mol. The Morgan fingerprint density at radius 2 is 2.00 bits per heavy atom. The molecular formula is C12H22N2O4. The summed E-state index contributed by atoms with van der Waals surface area (Å²) >= 11 is 0. The van der Waals surface area contributed by atoms with Gasteiger partial charge in [0.15, 0.2) is 5.60 Å². The third kappa shape index (κ3) is 4.27. The Kier molecular flexibility index (Phi) is 5.10. The molecule has 1 rings (SSSR count). The molecule has 1 fully saturated rings. The van der Waals surface area contributed by atoms with Gasteiger partial charge >= 0.3 is 5.97 Å². The van der Waals surface area contributed by atoms with Crippen molar-refractivity contribution in [1.29, 1.82) is 0 Å². The highest BCUT2D eigenvalue weighted by Gasteiger charge is 2.34. The fourth-order valence-corrected chi connectivity index (χ4v) is 2.35. The average molecular weight is 258 g/mol. The van der Waals surface area contributed by atoms with Crippen molar-refractivity contribution in [2.45, 2.75) is 31.8 Å². The van der Waals surface area contributed by atoms with Crippen LogP contribution in [0.25, 0.3) is 0 Å². The van der Waals surface area contributed by atoms with Crippen LogP contribution in [0.2, 0.25) is 0 Å². The number of esters is 1. The van der Waals surface area contributed by atoms with E-state index in [9.17, 15) is 14.7 Å². The fraction of sp³-hybridized carbons (Fsp3) is 0.833. The minimum Gasteiger partial charge on any atom is -0.467 e. The number of piperidine rings is 1. The zero-order chi connectivity index (χ0) is 13.8. The summed E-state index contributed by atoms with van der Waals surface area (Å²) in [6.07, 6.45) is 2.14. The van der Waals surface area contributed by atoms with E-state index in [-0.39, 0.29) is 12.5 Å². The van der Waals surface area contributed by atoms with Gasteiger partial charge in [0.1, 0.15) is 0 Å². The lowest BCUT2D eigenvalue weighted by atomic mass is 9.92. The number of nitrogens with zero attached hydrogens (tertiary/aromatic N) is 1. The van der Waals surface area contributed by atoms with Crippen LogP contribution < -0.4 is 5.73 Å². The molecule has 1 unspecified atom stereocenters. The van der Waals surface area contributed by atoms with Crippen molar-refractivity contribution < 1.29 is 19.4 Å². The topological polar surface area (TPSA) is 92.9 Å². The molecule has 3 N–H and O–H groups in total. The largest absolute Gasteiger partial charge is 0.467 e. The molecule has 0 spiro atoms. The van der Waals surface area contributed by atoms with E-state index in [4.69, 9.17) is 5.73 Å². The van der Waals surface area contributed by atoms with Crippen LogP contribution in [0.15, 0.2) is 0 Å². The minimum atomic E-state index is -1.48. The highest BCUT2D eigenvalue weighted by molar-refractivity contribution is 5.78. The first-order chi connectivity index (χ1) is 8.35. The van der Waals surface area contributed by atoms with E-state index in [1.807, 2.05) is 4.90 Å². The van der Waals surface area contributed by atoms with Crippen molar-refractivity contribution in [1.82, 2.24) is 4.90 Å². The first-order valence-corrected chi connectivity index (χ1v) is 6.16. The van der Waals surface area contributed by atoms with Gasteiger partial charge in [-0.05, 0) is 38.8 Å². The molecule has 1 heterocycles. The summed E-state index contributed by atoms with van der Waals surface area (Å²) in [6, 6.07) is 0. The van der Waals surface area contributed by atoms with Gasteiger partial charge in [-0.15, -0.1) is 0 Å². The third-order valence-corrected chi connectivity index (χ3v) is 3.35. The maximum absolute atomic E-state index is 11.4. The summed E-state index contributed by atoms with van der Waals surface area (Å²) in [6.45, 7) is 3.22. The molecule has 1 atom stereocenters. The number of likely N-dealkylation sites (tertiary alicyclic amines) is 1. The van der Waals surface area contributed by atoms with Crippen LogP contribution in [0, 0.1) is 5.92 Å². The molecule has 1 aliphatic heterocycles. The van der Waals surface area contributed by atoms with Crippen molar-refractivity contribution in [2.75, 3.05) is 26.7 Å². The summed E-state index contributed by atoms with van der Waals surface area (Å²) in [5.74, 6) is -0.571. The van der Waals surface area contributed by atoms with Crippen LogP contribution in [0.4, 0.5) is 0 Å². The summed E-state index contributed by atoms with van der Waals surface area (Å²) in [5, 5.41) is 9.96. The first kappa shape index (κ1) is 14.9. The maximum atomic E-state index is 11.4. The number of carbonyl (C=O) groups is 2. The molecule has 0 bridgehead atoms. The number of hydrogen-bond acceptors (Lipinski definition) is 5. The Hall–Kier alpha value is -1.14. The lowest BCUT2D eigenvalue weighted by molar-refractivity contribution is -0.162. The predicted octanol–water partition coefficient (Wildman–Crippen LogP) is -0.502. The average Bonchev–Trinajstić information content (AvgIpc) is 2.29. The van der Waals surface area contributed by atoms with E-state index in [1.54, 1.807) is 0 Å².